The summed E-state index contributed by atoms with van der Waals surface area (Å²) in [4.78, 5) is 11.1. The van der Waals surface area contributed by atoms with Crippen LogP contribution in [-0.4, -0.2) is 26.0 Å². The third kappa shape index (κ3) is 5.58. The van der Waals surface area contributed by atoms with E-state index in [-0.39, 0.29) is 16.6 Å². The van der Waals surface area contributed by atoms with Crippen LogP contribution in [0.25, 0.3) is 11.1 Å². The lowest BCUT2D eigenvalue weighted by molar-refractivity contribution is -0.118. The van der Waals surface area contributed by atoms with Gasteiger partial charge in [0.05, 0.1) is 4.90 Å². The number of sulfonamides is 1. The third-order valence-electron chi connectivity index (χ3n) is 4.34. The molecule has 3 N–H and O–H groups in total. The quantitative estimate of drug-likeness (QED) is 0.555. The number of benzene rings is 3. The minimum atomic E-state index is -3.71. The Labute approximate surface area is 170 Å². The highest BCUT2D eigenvalue weighted by atomic mass is 32.2. The molecule has 6 nitrogen and oxygen atoms in total. The monoisotopic (exact) mass is 410 g/mol. The van der Waals surface area contributed by atoms with Crippen molar-refractivity contribution in [1.29, 1.82) is 0 Å². The van der Waals surface area contributed by atoms with Gasteiger partial charge in [-0.2, -0.15) is 0 Å². The van der Waals surface area contributed by atoms with Gasteiger partial charge in [-0.25, -0.2) is 8.42 Å². The second-order valence-electron chi connectivity index (χ2n) is 6.61. The summed E-state index contributed by atoms with van der Waals surface area (Å²) >= 11 is 0. The first-order chi connectivity index (χ1) is 13.8. The van der Waals surface area contributed by atoms with E-state index < -0.39 is 10.0 Å². The van der Waals surface area contributed by atoms with Gasteiger partial charge in [0.1, 0.15) is 5.75 Å². The summed E-state index contributed by atoms with van der Waals surface area (Å²) in [5, 5.41) is 12.3. The van der Waals surface area contributed by atoms with Crippen molar-refractivity contribution >= 4 is 21.6 Å². The van der Waals surface area contributed by atoms with Crippen molar-refractivity contribution in [2.75, 3.05) is 11.3 Å². The molecule has 3 aromatic rings. The molecule has 3 rings (SSSR count). The number of anilines is 1. The Balaban J connectivity index is 1.68. The Morgan fingerprint density at radius 3 is 2.24 bits per heavy atom. The van der Waals surface area contributed by atoms with E-state index in [2.05, 4.69) is 10.0 Å². The predicted octanol–water partition coefficient (Wildman–Crippen LogP) is 3.54. The van der Waals surface area contributed by atoms with E-state index >= 15 is 0 Å². The van der Waals surface area contributed by atoms with E-state index in [1.807, 2.05) is 6.07 Å². The molecule has 7 heteroatoms. The van der Waals surface area contributed by atoms with Crippen LogP contribution >= 0.6 is 0 Å². The molecule has 0 saturated heterocycles. The van der Waals surface area contributed by atoms with E-state index in [4.69, 9.17) is 0 Å². The summed E-state index contributed by atoms with van der Waals surface area (Å²) in [6.45, 7) is 1.96. The predicted molar refractivity (Wildman–Crippen MR) is 113 cm³/mol. The molecule has 0 aromatic heterocycles. The van der Waals surface area contributed by atoms with Crippen molar-refractivity contribution in [3.63, 3.8) is 0 Å². The molecule has 150 valence electrons. The number of rotatable bonds is 7. The summed E-state index contributed by atoms with van der Waals surface area (Å²) < 4.78 is 27.8. The summed E-state index contributed by atoms with van der Waals surface area (Å²) in [6.07, 6.45) is 0.629. The highest BCUT2D eigenvalue weighted by Gasteiger charge is 2.14. The number of aromatic hydroxyl groups is 1. The van der Waals surface area contributed by atoms with Crippen LogP contribution in [0.4, 0.5) is 5.69 Å². The first kappa shape index (κ1) is 20.4. The van der Waals surface area contributed by atoms with E-state index in [1.165, 1.54) is 6.92 Å². The van der Waals surface area contributed by atoms with Crippen molar-refractivity contribution in [2.45, 2.75) is 18.2 Å². The Hall–Kier alpha value is -3.32. The van der Waals surface area contributed by atoms with Crippen LogP contribution in [0.1, 0.15) is 12.5 Å². The zero-order valence-electron chi connectivity index (χ0n) is 15.9. The van der Waals surface area contributed by atoms with Crippen LogP contribution in [0.3, 0.4) is 0 Å². The molecule has 0 fully saturated rings. The maximum Gasteiger partial charge on any atom is 0.261 e. The second-order valence-corrected chi connectivity index (χ2v) is 8.29. The Kier molecular flexibility index (Phi) is 6.19. The zero-order chi connectivity index (χ0) is 20.9. The van der Waals surface area contributed by atoms with Crippen LogP contribution in [0.15, 0.2) is 77.7 Å². The van der Waals surface area contributed by atoms with E-state index in [0.717, 1.165) is 16.7 Å². The molecule has 3 aromatic carbocycles. The summed E-state index contributed by atoms with van der Waals surface area (Å²) in [5.41, 5.74) is 3.10. The van der Waals surface area contributed by atoms with Gasteiger partial charge in [0.25, 0.3) is 10.0 Å². The van der Waals surface area contributed by atoms with E-state index in [0.29, 0.717) is 18.7 Å². The highest BCUT2D eigenvalue weighted by Crippen LogP contribution is 2.25. The molecule has 0 aliphatic heterocycles. The topological polar surface area (TPSA) is 95.5 Å². The SMILES string of the molecule is CC(=O)NCCc1ccc(S(=O)(=O)Nc2ccc(-c3cccc(O)c3)cc2)cc1. The number of hydrogen-bond donors (Lipinski definition) is 3. The molecule has 1 amide bonds. The van der Waals surface area contributed by atoms with Crippen LogP contribution < -0.4 is 10.0 Å². The van der Waals surface area contributed by atoms with Gasteiger partial charge in [0, 0.05) is 19.2 Å². The van der Waals surface area contributed by atoms with E-state index in [1.54, 1.807) is 66.7 Å². The number of amides is 1. The lowest BCUT2D eigenvalue weighted by atomic mass is 10.1. The van der Waals surface area contributed by atoms with Crippen LogP contribution in [0.5, 0.6) is 5.75 Å². The minimum absolute atomic E-state index is 0.0940. The fraction of sp³-hybridized carbons (Fsp3) is 0.136. The summed E-state index contributed by atoms with van der Waals surface area (Å²) in [7, 11) is -3.71. The number of phenols is 1. The van der Waals surface area contributed by atoms with Gasteiger partial charge in [-0.3, -0.25) is 9.52 Å². The lowest BCUT2D eigenvalue weighted by Gasteiger charge is -2.10. The molecule has 0 aliphatic carbocycles. The smallest absolute Gasteiger partial charge is 0.261 e. The summed E-state index contributed by atoms with van der Waals surface area (Å²) in [6, 6.07) is 20.4. The van der Waals surface area contributed by atoms with Gasteiger partial charge in [-0.15, -0.1) is 0 Å². The molecular formula is C22H22N2O4S. The second kappa shape index (κ2) is 8.79. The van der Waals surface area contributed by atoms with Crippen LogP contribution in [0.2, 0.25) is 0 Å². The molecule has 0 saturated carbocycles. The Morgan fingerprint density at radius 1 is 0.931 bits per heavy atom. The molecule has 0 unspecified atom stereocenters. The van der Waals surface area contributed by atoms with Gasteiger partial charge in [0.2, 0.25) is 5.91 Å². The van der Waals surface area contributed by atoms with Gasteiger partial charge in [-0.1, -0.05) is 36.4 Å². The first-order valence-corrected chi connectivity index (χ1v) is 10.6. The van der Waals surface area contributed by atoms with Crippen LogP contribution in [-0.2, 0) is 21.2 Å². The number of carbonyl (C=O) groups excluding carboxylic acids is 1. The maximum atomic E-state index is 12.6. The standard InChI is InChI=1S/C22H22N2O4S/c1-16(25)23-14-13-17-5-11-22(12-6-17)29(27,28)24-20-9-7-18(8-10-20)19-3-2-4-21(26)15-19/h2-12,15,24,26H,13-14H2,1H3,(H,23,25). The Bertz CT molecular complexity index is 1090. The van der Waals surface area contributed by atoms with Crippen molar-refractivity contribution in [3.8, 4) is 16.9 Å². The number of nitrogens with one attached hydrogen (secondary N) is 2. The van der Waals surface area contributed by atoms with Crippen molar-refractivity contribution < 1.29 is 18.3 Å². The van der Waals surface area contributed by atoms with Crippen LogP contribution in [0, 0.1) is 0 Å². The number of hydrogen-bond acceptors (Lipinski definition) is 4. The Morgan fingerprint density at radius 2 is 1.62 bits per heavy atom. The largest absolute Gasteiger partial charge is 0.508 e. The maximum absolute atomic E-state index is 12.6. The molecule has 0 radical (unpaired) electrons. The average Bonchev–Trinajstić information content (AvgIpc) is 2.68. The molecule has 29 heavy (non-hydrogen) atoms. The van der Waals surface area contributed by atoms with Gasteiger partial charge < -0.3 is 10.4 Å². The fourth-order valence-corrected chi connectivity index (χ4v) is 3.91. The molecule has 0 atom stereocenters. The van der Waals surface area contributed by atoms with E-state index in [9.17, 15) is 18.3 Å². The van der Waals surface area contributed by atoms with Crippen molar-refractivity contribution in [1.82, 2.24) is 5.32 Å². The molecule has 0 aliphatic rings. The molecule has 0 heterocycles. The lowest BCUT2D eigenvalue weighted by Crippen LogP contribution is -2.22. The van der Waals surface area contributed by atoms with Gasteiger partial charge in [0.15, 0.2) is 0 Å². The molecule has 0 bridgehead atoms. The van der Waals surface area contributed by atoms with Gasteiger partial charge in [-0.05, 0) is 59.5 Å². The highest BCUT2D eigenvalue weighted by molar-refractivity contribution is 7.92. The third-order valence-corrected chi connectivity index (χ3v) is 5.74. The molecule has 0 spiro atoms. The normalized spacial score (nSPS) is 11.1. The fourth-order valence-electron chi connectivity index (χ4n) is 2.85. The number of phenolic OH excluding ortho intramolecular Hbond substituents is 1. The molecular weight excluding hydrogens is 388 g/mol. The minimum Gasteiger partial charge on any atom is -0.508 e. The zero-order valence-corrected chi connectivity index (χ0v) is 16.7. The number of carbonyl (C=O) groups is 1. The van der Waals surface area contributed by atoms with Gasteiger partial charge >= 0.3 is 0 Å². The summed E-state index contributed by atoms with van der Waals surface area (Å²) in [5.74, 6) is 0.0799. The van der Waals surface area contributed by atoms with Crippen molar-refractivity contribution in [3.05, 3.63) is 78.4 Å². The first-order valence-electron chi connectivity index (χ1n) is 9.09. The average molecular weight is 410 g/mol. The van der Waals surface area contributed by atoms with Crippen molar-refractivity contribution in [2.24, 2.45) is 0 Å².